The zero-order valence-electron chi connectivity index (χ0n) is 14.7. The lowest BCUT2D eigenvalue weighted by Crippen LogP contribution is -2.50. The number of benzene rings is 1. The van der Waals surface area contributed by atoms with Crippen LogP contribution in [0.3, 0.4) is 0 Å². The Labute approximate surface area is 156 Å². The summed E-state index contributed by atoms with van der Waals surface area (Å²) in [4.78, 5) is 23.4. The number of hydrogen-bond acceptors (Lipinski definition) is 5. The number of rotatable bonds is 5. The van der Waals surface area contributed by atoms with Crippen molar-refractivity contribution in [3.63, 3.8) is 0 Å². The van der Waals surface area contributed by atoms with Gasteiger partial charge in [-0.15, -0.1) is 0 Å². The molecular weight excluding hydrogens is 384 g/mol. The molecule has 2 rings (SSSR count). The van der Waals surface area contributed by atoms with Crippen LogP contribution in [0, 0.1) is 27.4 Å². The smallest absolute Gasteiger partial charge is 0.412 e. The van der Waals surface area contributed by atoms with E-state index in [1.54, 1.807) is 0 Å². The lowest BCUT2D eigenvalue weighted by Gasteiger charge is -2.43. The van der Waals surface area contributed by atoms with Crippen LogP contribution >= 0.6 is 11.6 Å². The Kier molecular flexibility index (Phi) is 5.53. The van der Waals surface area contributed by atoms with E-state index < -0.39 is 26.5 Å². The molecular formula is C16H21ClN2O6S. The molecule has 1 aromatic carbocycles. The molecule has 1 aliphatic rings. The number of hydrogen-bond donors (Lipinski definition) is 1. The molecule has 0 saturated carbocycles. The van der Waals surface area contributed by atoms with Gasteiger partial charge in [0.2, 0.25) is 0 Å². The van der Waals surface area contributed by atoms with Crippen LogP contribution in [0.25, 0.3) is 0 Å². The number of carbonyl (C=O) groups is 1. The number of nitrogens with zero attached hydrogens (tertiary/aromatic N) is 2. The van der Waals surface area contributed by atoms with Crippen LogP contribution in [-0.2, 0) is 9.84 Å². The van der Waals surface area contributed by atoms with Crippen LogP contribution in [0.4, 0.5) is 16.2 Å². The molecule has 26 heavy (non-hydrogen) atoms. The van der Waals surface area contributed by atoms with Crippen LogP contribution < -0.4 is 4.90 Å². The van der Waals surface area contributed by atoms with Crippen molar-refractivity contribution >= 4 is 38.9 Å². The fourth-order valence-corrected chi connectivity index (χ4v) is 5.15. The minimum absolute atomic E-state index is 0.00507. The van der Waals surface area contributed by atoms with E-state index in [0.717, 1.165) is 11.0 Å². The van der Waals surface area contributed by atoms with Gasteiger partial charge in [0.25, 0.3) is 5.69 Å². The Bertz CT molecular complexity index is 822. The molecule has 0 aliphatic carbocycles. The second kappa shape index (κ2) is 7.03. The van der Waals surface area contributed by atoms with Crippen molar-refractivity contribution in [3.05, 3.63) is 33.3 Å². The van der Waals surface area contributed by atoms with Gasteiger partial charge in [0, 0.05) is 17.6 Å². The minimum Gasteiger partial charge on any atom is -0.465 e. The van der Waals surface area contributed by atoms with Crippen LogP contribution in [0.15, 0.2) is 18.2 Å². The van der Waals surface area contributed by atoms with Gasteiger partial charge >= 0.3 is 6.09 Å². The van der Waals surface area contributed by atoms with Gasteiger partial charge in [-0.25, -0.2) is 13.2 Å². The van der Waals surface area contributed by atoms with Gasteiger partial charge in [0.1, 0.15) is 5.69 Å². The molecule has 0 spiro atoms. The van der Waals surface area contributed by atoms with Crippen LogP contribution in [0.2, 0.25) is 5.02 Å². The molecule has 0 aromatic heterocycles. The molecule has 1 aromatic rings. The highest BCUT2D eigenvalue weighted by Crippen LogP contribution is 2.40. The summed E-state index contributed by atoms with van der Waals surface area (Å²) >= 11 is 5.80. The van der Waals surface area contributed by atoms with E-state index in [2.05, 4.69) is 0 Å². The molecule has 1 amide bonds. The molecule has 1 unspecified atom stereocenters. The largest absolute Gasteiger partial charge is 0.465 e. The standard InChI is InChI=1S/C16H21ClN2O6S/c1-16(2,3)12(10-8-26(24,25)9-10)7-18(15(20)21)13-5-4-11(17)6-14(13)19(22)23/h4-6,10,12H,7-9H2,1-3H3,(H,20,21). The van der Waals surface area contributed by atoms with Crippen LogP contribution in [0.5, 0.6) is 0 Å². The SMILES string of the molecule is CC(C)(C)C(CN(C(=O)O)c1ccc(Cl)cc1[N+](=O)[O-])C1CS(=O)(=O)C1. The van der Waals surface area contributed by atoms with Gasteiger partial charge in [0.05, 0.1) is 16.4 Å². The molecule has 10 heteroatoms. The maximum atomic E-state index is 11.8. The first-order valence-corrected chi connectivity index (χ1v) is 10.2. The Morgan fingerprint density at radius 2 is 2.00 bits per heavy atom. The zero-order chi connectivity index (χ0) is 19.9. The fraction of sp³-hybridized carbons (Fsp3) is 0.562. The highest BCUT2D eigenvalue weighted by Gasteiger charge is 2.45. The molecule has 1 fully saturated rings. The lowest BCUT2D eigenvalue weighted by molar-refractivity contribution is -0.384. The number of nitro groups is 1. The maximum Gasteiger partial charge on any atom is 0.412 e. The fourth-order valence-electron chi connectivity index (χ4n) is 3.31. The first kappa shape index (κ1) is 20.4. The molecule has 0 radical (unpaired) electrons. The average Bonchev–Trinajstić information content (AvgIpc) is 2.44. The molecule has 144 valence electrons. The van der Waals surface area contributed by atoms with Gasteiger partial charge < -0.3 is 5.11 Å². The zero-order valence-corrected chi connectivity index (χ0v) is 16.2. The normalized spacial score (nSPS) is 18.0. The third kappa shape index (κ3) is 4.45. The Hall–Kier alpha value is -1.87. The van der Waals surface area contributed by atoms with Crippen molar-refractivity contribution in [3.8, 4) is 0 Å². The number of sulfone groups is 1. The maximum absolute atomic E-state index is 11.8. The van der Waals surface area contributed by atoms with Crippen molar-refractivity contribution in [1.29, 1.82) is 0 Å². The minimum atomic E-state index is -3.08. The van der Waals surface area contributed by atoms with E-state index >= 15 is 0 Å². The summed E-state index contributed by atoms with van der Waals surface area (Å²) in [6.45, 7) is 5.66. The van der Waals surface area contributed by atoms with E-state index in [1.807, 2.05) is 20.8 Å². The predicted molar refractivity (Wildman–Crippen MR) is 98.6 cm³/mol. The van der Waals surface area contributed by atoms with Gasteiger partial charge in [-0.2, -0.15) is 0 Å². The van der Waals surface area contributed by atoms with Crippen LogP contribution in [-0.4, -0.2) is 42.6 Å². The van der Waals surface area contributed by atoms with Crippen molar-refractivity contribution < 1.29 is 23.2 Å². The highest BCUT2D eigenvalue weighted by atomic mass is 35.5. The van der Waals surface area contributed by atoms with E-state index in [4.69, 9.17) is 11.6 Å². The molecule has 1 atom stereocenters. The number of amides is 1. The van der Waals surface area contributed by atoms with E-state index in [0.29, 0.717) is 0 Å². The summed E-state index contributed by atoms with van der Waals surface area (Å²) in [5.41, 5.74) is -0.868. The molecule has 1 heterocycles. The number of halogens is 1. The monoisotopic (exact) mass is 404 g/mol. The third-order valence-electron chi connectivity index (χ3n) is 4.65. The topological polar surface area (TPSA) is 118 Å². The van der Waals surface area contributed by atoms with E-state index in [1.165, 1.54) is 12.1 Å². The van der Waals surface area contributed by atoms with E-state index in [9.17, 15) is 28.4 Å². The van der Waals surface area contributed by atoms with Crippen molar-refractivity contribution in [2.45, 2.75) is 20.8 Å². The van der Waals surface area contributed by atoms with Crippen molar-refractivity contribution in [2.24, 2.45) is 17.3 Å². The first-order valence-electron chi connectivity index (χ1n) is 7.96. The summed E-state index contributed by atoms with van der Waals surface area (Å²) in [5.74, 6) is -0.457. The summed E-state index contributed by atoms with van der Waals surface area (Å²) < 4.78 is 23.1. The lowest BCUT2D eigenvalue weighted by atomic mass is 9.73. The Morgan fingerprint density at radius 3 is 2.42 bits per heavy atom. The van der Waals surface area contributed by atoms with Crippen LogP contribution in [0.1, 0.15) is 20.8 Å². The molecule has 1 saturated heterocycles. The number of nitro benzene ring substituents is 1. The van der Waals surface area contributed by atoms with Gasteiger partial charge in [0.15, 0.2) is 9.84 Å². The average molecular weight is 405 g/mol. The first-order chi connectivity index (χ1) is 11.8. The summed E-state index contributed by atoms with van der Waals surface area (Å²) in [6, 6.07) is 3.79. The van der Waals surface area contributed by atoms with Crippen molar-refractivity contribution in [1.82, 2.24) is 0 Å². The van der Waals surface area contributed by atoms with Crippen molar-refractivity contribution in [2.75, 3.05) is 23.0 Å². The van der Waals surface area contributed by atoms with E-state index in [-0.39, 0.29) is 46.0 Å². The predicted octanol–water partition coefficient (Wildman–Crippen LogP) is 3.44. The molecule has 8 nitrogen and oxygen atoms in total. The third-order valence-corrected chi connectivity index (χ3v) is 6.76. The molecule has 1 aliphatic heterocycles. The van der Waals surface area contributed by atoms with Gasteiger partial charge in [-0.05, 0) is 29.4 Å². The van der Waals surface area contributed by atoms with Gasteiger partial charge in [-0.1, -0.05) is 32.4 Å². The highest BCUT2D eigenvalue weighted by molar-refractivity contribution is 7.92. The quantitative estimate of drug-likeness (QED) is 0.593. The second-order valence-electron chi connectivity index (χ2n) is 7.59. The summed E-state index contributed by atoms with van der Waals surface area (Å²) in [5, 5.41) is 21.1. The number of anilines is 1. The summed E-state index contributed by atoms with van der Waals surface area (Å²) in [6.07, 6.45) is -1.34. The molecule has 0 bridgehead atoms. The second-order valence-corrected chi connectivity index (χ2v) is 10.2. The van der Waals surface area contributed by atoms with Gasteiger partial charge in [-0.3, -0.25) is 15.0 Å². The summed E-state index contributed by atoms with van der Waals surface area (Å²) in [7, 11) is -3.08. The number of carboxylic acid groups (broad SMARTS) is 1. The molecule has 1 N–H and O–H groups in total. The Morgan fingerprint density at radius 1 is 1.42 bits per heavy atom. The Balaban J connectivity index is 2.41.